The van der Waals surface area contributed by atoms with Crippen LogP contribution in [0.25, 0.3) is 0 Å². The van der Waals surface area contributed by atoms with Crippen molar-refractivity contribution in [3.05, 3.63) is 23.9 Å². The van der Waals surface area contributed by atoms with Crippen LogP contribution in [0.15, 0.2) is 23.9 Å². The molecule has 0 aromatic heterocycles. The number of nitrogens with zero attached hydrogens (tertiary/aromatic N) is 1. The molecule has 5 nitrogen and oxygen atoms in total. The van der Waals surface area contributed by atoms with E-state index in [2.05, 4.69) is 24.5 Å². The Morgan fingerprint density at radius 3 is 3.04 bits per heavy atom. The Hall–Kier alpha value is -1.35. The van der Waals surface area contributed by atoms with E-state index in [0.717, 1.165) is 50.6 Å². The maximum absolute atomic E-state index is 10.3. The van der Waals surface area contributed by atoms with Gasteiger partial charge in [0.1, 0.15) is 0 Å². The lowest BCUT2D eigenvalue weighted by Crippen LogP contribution is -2.18. The first-order chi connectivity index (χ1) is 12.2. The van der Waals surface area contributed by atoms with Crippen molar-refractivity contribution in [1.82, 2.24) is 5.48 Å². The zero-order chi connectivity index (χ0) is 18.1. The van der Waals surface area contributed by atoms with E-state index in [4.69, 9.17) is 10.1 Å². The summed E-state index contributed by atoms with van der Waals surface area (Å²) in [6.07, 6.45) is 12.4. The van der Waals surface area contributed by atoms with Crippen molar-refractivity contribution in [1.29, 1.82) is 5.26 Å². The van der Waals surface area contributed by atoms with E-state index in [9.17, 15) is 10.2 Å². The number of fused-ring (bicyclic) bond motifs is 1. The monoisotopic (exact) mass is 348 g/mol. The summed E-state index contributed by atoms with van der Waals surface area (Å²) in [6, 6.07) is 2.10. The second kappa shape index (κ2) is 10.6. The quantitative estimate of drug-likeness (QED) is 0.303. The van der Waals surface area contributed by atoms with Crippen molar-refractivity contribution in [3.8, 4) is 6.07 Å². The number of hydroxylamine groups is 1. The third kappa shape index (κ3) is 6.14. The molecule has 2 aliphatic carbocycles. The Kier molecular flexibility index (Phi) is 8.47. The largest absolute Gasteiger partial charge is 0.392 e. The summed E-state index contributed by atoms with van der Waals surface area (Å²) in [7, 11) is 0. The maximum atomic E-state index is 10.3. The van der Waals surface area contributed by atoms with Crippen molar-refractivity contribution in [2.75, 3.05) is 6.61 Å². The van der Waals surface area contributed by atoms with Crippen LogP contribution in [0.1, 0.15) is 58.3 Å². The van der Waals surface area contributed by atoms with Crippen molar-refractivity contribution in [2.45, 2.75) is 70.5 Å². The van der Waals surface area contributed by atoms with Crippen molar-refractivity contribution < 1.29 is 15.1 Å². The molecule has 5 atom stereocenters. The normalized spacial score (nSPS) is 29.4. The molecule has 5 heteroatoms. The lowest BCUT2D eigenvalue weighted by atomic mass is 9.91. The summed E-state index contributed by atoms with van der Waals surface area (Å²) in [5.41, 5.74) is 4.07. The third-order valence-corrected chi connectivity index (χ3v) is 5.25. The lowest BCUT2D eigenvalue weighted by Gasteiger charge is -2.16. The van der Waals surface area contributed by atoms with Crippen LogP contribution in [-0.2, 0) is 4.84 Å². The molecule has 2 rings (SSSR count). The first kappa shape index (κ1) is 20.0. The average molecular weight is 348 g/mol. The van der Waals surface area contributed by atoms with Crippen LogP contribution < -0.4 is 5.48 Å². The fourth-order valence-corrected chi connectivity index (χ4v) is 3.90. The van der Waals surface area contributed by atoms with E-state index >= 15 is 0 Å². The van der Waals surface area contributed by atoms with Crippen LogP contribution in [-0.4, -0.2) is 29.0 Å². The Bertz CT molecular complexity index is 498. The molecule has 0 radical (unpaired) electrons. The SMILES string of the molecule is CCCCCC(O)C=C[C@@H]1[C@@H]2C=C(NOCCCC#N)C[C@H]2C[C@H]1O. The summed E-state index contributed by atoms with van der Waals surface area (Å²) in [4.78, 5) is 5.41. The highest BCUT2D eigenvalue weighted by Crippen LogP contribution is 2.46. The van der Waals surface area contributed by atoms with Gasteiger partial charge in [0.2, 0.25) is 0 Å². The van der Waals surface area contributed by atoms with Crippen molar-refractivity contribution in [3.63, 3.8) is 0 Å². The fourth-order valence-electron chi connectivity index (χ4n) is 3.90. The van der Waals surface area contributed by atoms with Gasteiger partial charge >= 0.3 is 0 Å². The molecule has 1 fully saturated rings. The molecule has 1 saturated carbocycles. The van der Waals surface area contributed by atoms with Crippen LogP contribution in [0.4, 0.5) is 0 Å². The van der Waals surface area contributed by atoms with Gasteiger partial charge in [-0.2, -0.15) is 5.26 Å². The second-order valence-electron chi connectivity index (χ2n) is 7.27. The van der Waals surface area contributed by atoms with Gasteiger partial charge in [-0.3, -0.25) is 10.3 Å². The minimum Gasteiger partial charge on any atom is -0.392 e. The number of hydrogen-bond donors (Lipinski definition) is 3. The molecule has 0 aromatic carbocycles. The van der Waals surface area contributed by atoms with Gasteiger partial charge in [-0.05, 0) is 37.5 Å². The molecule has 2 aliphatic rings. The fraction of sp³-hybridized carbons (Fsp3) is 0.750. The predicted molar refractivity (Wildman–Crippen MR) is 97.0 cm³/mol. The van der Waals surface area contributed by atoms with Gasteiger partial charge < -0.3 is 10.2 Å². The van der Waals surface area contributed by atoms with Gasteiger partial charge in [-0.1, -0.05) is 44.4 Å². The zero-order valence-corrected chi connectivity index (χ0v) is 15.2. The molecule has 0 spiro atoms. The average Bonchev–Trinajstić information content (AvgIpc) is 3.09. The van der Waals surface area contributed by atoms with Crippen LogP contribution in [0, 0.1) is 29.1 Å². The molecule has 0 heterocycles. The number of aliphatic hydroxyl groups is 2. The highest BCUT2D eigenvalue weighted by Gasteiger charge is 2.43. The smallest absolute Gasteiger partial charge is 0.0755 e. The van der Waals surface area contributed by atoms with Gasteiger partial charge in [0, 0.05) is 18.0 Å². The molecule has 1 unspecified atom stereocenters. The first-order valence-corrected chi connectivity index (χ1v) is 9.65. The minimum atomic E-state index is -0.413. The number of nitriles is 1. The molecule has 0 amide bonds. The Balaban J connectivity index is 1.80. The Labute approximate surface area is 151 Å². The minimum absolute atomic E-state index is 0.0729. The summed E-state index contributed by atoms with van der Waals surface area (Å²) >= 11 is 0. The molecular formula is C20H32N2O3. The number of hydrogen-bond acceptors (Lipinski definition) is 5. The summed E-state index contributed by atoms with van der Waals surface area (Å²) in [5.74, 6) is 0.815. The zero-order valence-electron chi connectivity index (χ0n) is 15.2. The molecule has 0 aliphatic heterocycles. The van der Waals surface area contributed by atoms with Gasteiger partial charge in [-0.15, -0.1) is 0 Å². The van der Waals surface area contributed by atoms with Gasteiger partial charge in [-0.25, -0.2) is 0 Å². The van der Waals surface area contributed by atoms with Crippen molar-refractivity contribution >= 4 is 0 Å². The molecule has 3 N–H and O–H groups in total. The number of aliphatic hydroxyl groups excluding tert-OH is 2. The van der Waals surface area contributed by atoms with Gasteiger partial charge in [0.25, 0.3) is 0 Å². The van der Waals surface area contributed by atoms with Crippen LogP contribution in [0.3, 0.4) is 0 Å². The highest BCUT2D eigenvalue weighted by molar-refractivity contribution is 5.19. The molecule has 0 saturated heterocycles. The summed E-state index contributed by atoms with van der Waals surface area (Å²) < 4.78 is 0. The predicted octanol–water partition coefficient (Wildman–Crippen LogP) is 3.21. The Morgan fingerprint density at radius 1 is 1.44 bits per heavy atom. The van der Waals surface area contributed by atoms with E-state index in [0.29, 0.717) is 24.9 Å². The number of nitrogens with one attached hydrogen (secondary N) is 1. The number of allylic oxidation sites excluding steroid dienone is 2. The third-order valence-electron chi connectivity index (χ3n) is 5.25. The lowest BCUT2D eigenvalue weighted by molar-refractivity contribution is 0.0587. The van der Waals surface area contributed by atoms with Crippen LogP contribution in [0.5, 0.6) is 0 Å². The van der Waals surface area contributed by atoms with E-state index in [1.165, 1.54) is 0 Å². The molecule has 0 bridgehead atoms. The first-order valence-electron chi connectivity index (χ1n) is 9.65. The summed E-state index contributed by atoms with van der Waals surface area (Å²) in [5, 5.41) is 28.9. The van der Waals surface area contributed by atoms with Crippen LogP contribution >= 0.6 is 0 Å². The second-order valence-corrected chi connectivity index (χ2v) is 7.27. The summed E-state index contributed by atoms with van der Waals surface area (Å²) in [6.45, 7) is 2.68. The van der Waals surface area contributed by atoms with Gasteiger partial charge in [0.15, 0.2) is 0 Å². The molecule has 25 heavy (non-hydrogen) atoms. The van der Waals surface area contributed by atoms with E-state index in [-0.39, 0.29) is 12.0 Å². The molecule has 0 aromatic rings. The highest BCUT2D eigenvalue weighted by atomic mass is 16.6. The van der Waals surface area contributed by atoms with E-state index in [1.54, 1.807) is 0 Å². The van der Waals surface area contributed by atoms with Crippen LogP contribution in [0.2, 0.25) is 0 Å². The number of rotatable bonds is 11. The maximum Gasteiger partial charge on any atom is 0.0755 e. The van der Waals surface area contributed by atoms with E-state index in [1.807, 2.05) is 12.2 Å². The molecular weight excluding hydrogens is 316 g/mol. The Morgan fingerprint density at radius 2 is 2.28 bits per heavy atom. The van der Waals surface area contributed by atoms with Crippen molar-refractivity contribution in [2.24, 2.45) is 17.8 Å². The van der Waals surface area contributed by atoms with Gasteiger partial charge in [0.05, 0.1) is 24.9 Å². The standard InChI is InChI=1S/C20H32N2O3/c1-2-3-4-7-17(23)8-9-18-19-14-16(12-15(19)13-20(18)24)22-25-11-6-5-10-21/h8-9,14-15,17-20,22-24H,2-7,11-13H2,1H3/t15-,17?,18+,19+,20+/m0/s1. The topological polar surface area (TPSA) is 85.5 Å². The molecule has 140 valence electrons. The number of unbranched alkanes of at least 4 members (excludes halogenated alkanes) is 3. The van der Waals surface area contributed by atoms with E-state index < -0.39 is 6.10 Å².